The van der Waals surface area contributed by atoms with Gasteiger partial charge in [-0.25, -0.2) is 0 Å². The van der Waals surface area contributed by atoms with Gasteiger partial charge in [-0.3, -0.25) is 9.59 Å². The molecule has 0 aliphatic heterocycles. The molecule has 4 rings (SSSR count). The molecule has 0 saturated heterocycles. The van der Waals surface area contributed by atoms with Gasteiger partial charge in [-0.05, 0) is 36.2 Å². The van der Waals surface area contributed by atoms with Crippen molar-refractivity contribution in [1.82, 2.24) is 0 Å². The van der Waals surface area contributed by atoms with E-state index in [0.717, 1.165) is 12.8 Å². The first-order chi connectivity index (χ1) is 17.3. The molecule has 0 unspecified atom stereocenters. The van der Waals surface area contributed by atoms with Crippen LogP contribution in [0.3, 0.4) is 0 Å². The van der Waals surface area contributed by atoms with Crippen LogP contribution in [-0.4, -0.2) is 28.4 Å². The van der Waals surface area contributed by atoms with Crippen molar-refractivity contribution in [1.29, 1.82) is 0 Å². The molecule has 6 N–H and O–H groups in total. The number of anilines is 2. The molecule has 0 atom stereocenters. The number of hydrogen-bond donors (Lipinski definition) is 4. The summed E-state index contributed by atoms with van der Waals surface area (Å²) in [4.78, 5) is 26.6. The third-order valence-corrected chi connectivity index (χ3v) is 6.74. The Hall–Kier alpha value is -3.71. The second-order valence-corrected chi connectivity index (χ2v) is 9.36. The van der Waals surface area contributed by atoms with Crippen molar-refractivity contribution >= 4 is 34.5 Å². The zero-order valence-corrected chi connectivity index (χ0v) is 20.8. The smallest absolute Gasteiger partial charge is 0.200 e. The van der Waals surface area contributed by atoms with Gasteiger partial charge in [0.2, 0.25) is 11.6 Å². The van der Waals surface area contributed by atoms with Crippen LogP contribution in [0.5, 0.6) is 17.2 Å². The molecule has 8 heteroatoms. The van der Waals surface area contributed by atoms with Crippen molar-refractivity contribution in [3.8, 4) is 28.4 Å². The topological polar surface area (TPSA) is 136 Å². The standard InChI is InChI=1S/C28H29ClN2O5/c1-2-3-4-5-6-7-12-36-16-10-8-15(9-11-16)17-13-19(30)21-23(25(17)32)27(34)22-20(31)14-18(29)26(33)24(22)28(21)35/h8-11,13-14,32-33H,2-7,12,30-31H2,1H3. The van der Waals surface area contributed by atoms with Crippen molar-refractivity contribution in [2.24, 2.45) is 0 Å². The van der Waals surface area contributed by atoms with E-state index in [1.54, 1.807) is 24.3 Å². The van der Waals surface area contributed by atoms with Crippen LogP contribution in [0.25, 0.3) is 11.1 Å². The molecule has 1 aliphatic rings. The molecule has 3 aromatic carbocycles. The maximum Gasteiger partial charge on any atom is 0.200 e. The molecule has 0 radical (unpaired) electrons. The van der Waals surface area contributed by atoms with E-state index in [1.807, 2.05) is 0 Å². The first kappa shape index (κ1) is 25.4. The van der Waals surface area contributed by atoms with Gasteiger partial charge in [0.25, 0.3) is 0 Å². The van der Waals surface area contributed by atoms with Crippen LogP contribution in [-0.2, 0) is 0 Å². The number of benzene rings is 3. The quantitative estimate of drug-likeness (QED) is 0.122. The largest absolute Gasteiger partial charge is 0.506 e. The van der Waals surface area contributed by atoms with Gasteiger partial charge in [0.1, 0.15) is 17.2 Å². The van der Waals surface area contributed by atoms with Crippen molar-refractivity contribution in [3.05, 3.63) is 63.7 Å². The van der Waals surface area contributed by atoms with Gasteiger partial charge in [0.15, 0.2) is 0 Å². The first-order valence-corrected chi connectivity index (χ1v) is 12.4. The number of ether oxygens (including phenoxy) is 1. The zero-order valence-electron chi connectivity index (χ0n) is 20.1. The van der Waals surface area contributed by atoms with E-state index in [2.05, 4.69) is 6.92 Å². The van der Waals surface area contributed by atoms with Crippen LogP contribution in [0, 0.1) is 0 Å². The molecule has 36 heavy (non-hydrogen) atoms. The Labute approximate surface area is 214 Å². The van der Waals surface area contributed by atoms with Crippen LogP contribution in [0.2, 0.25) is 5.02 Å². The molecular formula is C28H29ClN2O5. The normalized spacial score (nSPS) is 12.4. The number of phenols is 2. The molecule has 0 bridgehead atoms. The average molecular weight is 509 g/mol. The molecule has 0 fully saturated rings. The molecule has 7 nitrogen and oxygen atoms in total. The van der Waals surface area contributed by atoms with Crippen LogP contribution in [0.4, 0.5) is 11.4 Å². The van der Waals surface area contributed by atoms with Crippen LogP contribution >= 0.6 is 11.6 Å². The molecule has 0 amide bonds. The van der Waals surface area contributed by atoms with Crippen molar-refractivity contribution in [3.63, 3.8) is 0 Å². The number of carbonyl (C=O) groups is 2. The van der Waals surface area contributed by atoms with E-state index < -0.39 is 23.1 Å². The number of phenolic OH excluding ortho intramolecular Hbond substituents is 2. The Morgan fingerprint density at radius 2 is 1.33 bits per heavy atom. The first-order valence-electron chi connectivity index (χ1n) is 12.0. The predicted molar refractivity (Wildman–Crippen MR) is 141 cm³/mol. The number of ketones is 2. The Balaban J connectivity index is 1.60. The molecule has 1 aliphatic carbocycles. The average Bonchev–Trinajstić information content (AvgIpc) is 2.85. The van der Waals surface area contributed by atoms with E-state index in [-0.39, 0.29) is 44.2 Å². The zero-order chi connectivity index (χ0) is 26.0. The molecule has 0 heterocycles. The molecule has 0 spiro atoms. The second-order valence-electron chi connectivity index (χ2n) is 8.96. The summed E-state index contributed by atoms with van der Waals surface area (Å²) >= 11 is 5.96. The summed E-state index contributed by atoms with van der Waals surface area (Å²) in [6.07, 6.45) is 7.05. The Kier molecular flexibility index (Phi) is 7.40. The summed E-state index contributed by atoms with van der Waals surface area (Å²) in [7, 11) is 0. The summed E-state index contributed by atoms with van der Waals surface area (Å²) in [5, 5.41) is 21.3. The minimum atomic E-state index is -0.732. The van der Waals surface area contributed by atoms with Crippen LogP contribution < -0.4 is 16.2 Å². The van der Waals surface area contributed by atoms with Crippen molar-refractivity contribution < 1.29 is 24.5 Å². The fraction of sp³-hybridized carbons (Fsp3) is 0.286. The van der Waals surface area contributed by atoms with Gasteiger partial charge >= 0.3 is 0 Å². The van der Waals surface area contributed by atoms with E-state index >= 15 is 0 Å². The van der Waals surface area contributed by atoms with E-state index in [9.17, 15) is 19.8 Å². The summed E-state index contributed by atoms with van der Waals surface area (Å²) in [6, 6.07) is 9.69. The van der Waals surface area contributed by atoms with E-state index in [1.165, 1.54) is 37.8 Å². The highest BCUT2D eigenvalue weighted by atomic mass is 35.5. The SMILES string of the molecule is CCCCCCCCOc1ccc(-c2cc(N)c3c(c2O)C(=O)c2c(N)cc(Cl)c(O)c2C3=O)cc1. The van der Waals surface area contributed by atoms with Gasteiger partial charge in [0.05, 0.1) is 33.9 Å². The lowest BCUT2D eigenvalue weighted by atomic mass is 9.80. The summed E-state index contributed by atoms with van der Waals surface area (Å²) in [6.45, 7) is 2.82. The van der Waals surface area contributed by atoms with Crippen LogP contribution in [0.15, 0.2) is 36.4 Å². The Morgan fingerprint density at radius 1 is 0.778 bits per heavy atom. The maximum atomic E-state index is 13.4. The molecular weight excluding hydrogens is 480 g/mol. The highest BCUT2D eigenvalue weighted by molar-refractivity contribution is 6.38. The minimum Gasteiger partial charge on any atom is -0.506 e. The molecule has 0 aromatic heterocycles. The number of aromatic hydroxyl groups is 2. The minimum absolute atomic E-state index is 0.0110. The third-order valence-electron chi connectivity index (χ3n) is 6.45. The lowest BCUT2D eigenvalue weighted by Crippen LogP contribution is -2.24. The van der Waals surface area contributed by atoms with Gasteiger partial charge in [-0.2, -0.15) is 0 Å². The van der Waals surface area contributed by atoms with Gasteiger partial charge in [0, 0.05) is 16.9 Å². The fourth-order valence-corrected chi connectivity index (χ4v) is 4.77. The maximum absolute atomic E-state index is 13.4. The highest BCUT2D eigenvalue weighted by Crippen LogP contribution is 2.46. The lowest BCUT2D eigenvalue weighted by Gasteiger charge is -2.23. The number of hydrogen-bond acceptors (Lipinski definition) is 7. The Morgan fingerprint density at radius 3 is 1.97 bits per heavy atom. The lowest BCUT2D eigenvalue weighted by molar-refractivity contribution is 0.0975. The number of rotatable bonds is 9. The highest BCUT2D eigenvalue weighted by Gasteiger charge is 2.39. The summed E-state index contributed by atoms with van der Waals surface area (Å²) in [5.74, 6) is -1.70. The van der Waals surface area contributed by atoms with Crippen LogP contribution in [0.1, 0.15) is 77.3 Å². The summed E-state index contributed by atoms with van der Waals surface area (Å²) < 4.78 is 5.82. The van der Waals surface area contributed by atoms with E-state index in [0.29, 0.717) is 17.9 Å². The fourth-order valence-electron chi connectivity index (χ4n) is 4.56. The summed E-state index contributed by atoms with van der Waals surface area (Å²) in [5.41, 5.74) is 12.0. The number of nitrogens with two attached hydrogens (primary N) is 2. The number of fused-ring (bicyclic) bond motifs is 2. The molecule has 188 valence electrons. The van der Waals surface area contributed by atoms with Gasteiger partial charge in [-0.1, -0.05) is 62.8 Å². The second kappa shape index (κ2) is 10.5. The number of halogens is 1. The molecule has 0 saturated carbocycles. The number of nitrogen functional groups attached to an aromatic ring is 2. The number of unbranched alkanes of at least 4 members (excludes halogenated alkanes) is 5. The predicted octanol–water partition coefficient (Wildman–Crippen LogP) is 6.10. The van der Waals surface area contributed by atoms with Gasteiger partial charge < -0.3 is 26.4 Å². The number of carbonyl (C=O) groups excluding carboxylic acids is 2. The van der Waals surface area contributed by atoms with E-state index in [4.69, 9.17) is 27.8 Å². The third kappa shape index (κ3) is 4.58. The Bertz CT molecular complexity index is 1340. The van der Waals surface area contributed by atoms with Gasteiger partial charge in [-0.15, -0.1) is 0 Å². The molecule has 3 aromatic rings. The van der Waals surface area contributed by atoms with Crippen molar-refractivity contribution in [2.45, 2.75) is 45.4 Å². The van der Waals surface area contributed by atoms with Crippen molar-refractivity contribution in [2.75, 3.05) is 18.1 Å². The monoisotopic (exact) mass is 508 g/mol.